The largest absolute Gasteiger partial charge is 0.454 e. The minimum atomic E-state index is -0.434. The van der Waals surface area contributed by atoms with Crippen LogP contribution < -0.4 is 10.1 Å². The zero-order valence-corrected chi connectivity index (χ0v) is 8.74. The van der Waals surface area contributed by atoms with E-state index in [-0.39, 0.29) is 11.7 Å². The molecule has 0 aromatic heterocycles. The first-order chi connectivity index (χ1) is 8.24. The van der Waals surface area contributed by atoms with Crippen LogP contribution in [0.5, 0.6) is 11.5 Å². The molecule has 1 amide bonds. The molecule has 0 radical (unpaired) electrons. The summed E-state index contributed by atoms with van der Waals surface area (Å²) < 4.78 is 18.6. The third kappa shape index (κ3) is 1.63. The third-order valence-corrected chi connectivity index (χ3v) is 2.54. The van der Waals surface area contributed by atoms with Gasteiger partial charge in [-0.15, -0.1) is 0 Å². The lowest BCUT2D eigenvalue weighted by Gasteiger charge is -2.06. The van der Waals surface area contributed by atoms with Crippen molar-refractivity contribution < 1.29 is 13.9 Å². The first kappa shape index (κ1) is 9.84. The van der Waals surface area contributed by atoms with Gasteiger partial charge in [0.05, 0.1) is 11.3 Å². The molecule has 17 heavy (non-hydrogen) atoms. The minimum absolute atomic E-state index is 0.229. The van der Waals surface area contributed by atoms with Gasteiger partial charge in [-0.2, -0.15) is 0 Å². The molecule has 3 nitrogen and oxygen atoms in total. The van der Waals surface area contributed by atoms with Crippen LogP contribution in [0.4, 0.5) is 10.1 Å². The summed E-state index contributed by atoms with van der Waals surface area (Å²) in [5, 5.41) is 2.71. The number of carbonyl (C=O) groups is 1. The van der Waals surface area contributed by atoms with Crippen LogP contribution in [0.3, 0.4) is 0 Å². The van der Waals surface area contributed by atoms with Crippen LogP contribution in [0.25, 0.3) is 0 Å². The number of hydrogen-bond donors (Lipinski definition) is 1. The summed E-state index contributed by atoms with van der Waals surface area (Å²) in [6.45, 7) is 0. The van der Waals surface area contributed by atoms with Gasteiger partial charge < -0.3 is 10.1 Å². The molecular weight excluding hydrogens is 221 g/mol. The fraction of sp³-hybridized carbons (Fsp3) is 0. The van der Waals surface area contributed by atoms with Crippen molar-refractivity contribution in [3.63, 3.8) is 0 Å². The first-order valence-corrected chi connectivity index (χ1v) is 5.12. The summed E-state index contributed by atoms with van der Waals surface area (Å²) in [5.41, 5.74) is 0.900. The highest BCUT2D eigenvalue weighted by Crippen LogP contribution is 2.35. The normalized spacial score (nSPS) is 12.9. The van der Waals surface area contributed by atoms with Crippen molar-refractivity contribution in [2.24, 2.45) is 0 Å². The molecule has 2 aromatic rings. The maximum absolute atomic E-state index is 13.1. The maximum Gasteiger partial charge on any atom is 0.259 e. The van der Waals surface area contributed by atoms with Crippen LogP contribution in [-0.4, -0.2) is 5.91 Å². The summed E-state index contributed by atoms with van der Waals surface area (Å²) >= 11 is 0. The lowest BCUT2D eigenvalue weighted by Crippen LogP contribution is -2.10. The van der Waals surface area contributed by atoms with E-state index in [0.717, 1.165) is 0 Å². The molecule has 0 atom stereocenters. The zero-order chi connectivity index (χ0) is 11.8. The third-order valence-electron chi connectivity index (χ3n) is 2.54. The van der Waals surface area contributed by atoms with E-state index in [1.54, 1.807) is 24.3 Å². The number of hydrogen-bond acceptors (Lipinski definition) is 2. The molecule has 2 aromatic carbocycles. The molecule has 0 saturated heterocycles. The number of rotatable bonds is 0. The van der Waals surface area contributed by atoms with Crippen LogP contribution in [0.1, 0.15) is 10.4 Å². The van der Waals surface area contributed by atoms with Crippen LogP contribution in [0.2, 0.25) is 0 Å². The fourth-order valence-corrected chi connectivity index (χ4v) is 1.74. The van der Waals surface area contributed by atoms with Gasteiger partial charge >= 0.3 is 0 Å². The second-order valence-electron chi connectivity index (χ2n) is 3.69. The van der Waals surface area contributed by atoms with E-state index in [0.29, 0.717) is 17.0 Å². The van der Waals surface area contributed by atoms with Crippen molar-refractivity contribution in [3.05, 3.63) is 53.8 Å². The molecule has 0 unspecified atom stereocenters. The van der Waals surface area contributed by atoms with Gasteiger partial charge in [0.25, 0.3) is 5.91 Å². The summed E-state index contributed by atoms with van der Waals surface area (Å²) in [6, 6.07) is 10.9. The number of ether oxygens (including phenoxy) is 1. The van der Waals surface area contributed by atoms with E-state index in [2.05, 4.69) is 5.32 Å². The SMILES string of the molecule is O=C1Nc2ccccc2Oc2cc(F)ccc21. The first-order valence-electron chi connectivity index (χ1n) is 5.12. The summed E-state index contributed by atoms with van der Waals surface area (Å²) in [5.74, 6) is -0.00136. The molecule has 3 rings (SSSR count). The monoisotopic (exact) mass is 229 g/mol. The Morgan fingerprint density at radius 3 is 2.76 bits per heavy atom. The van der Waals surface area contributed by atoms with Crippen molar-refractivity contribution in [1.29, 1.82) is 0 Å². The highest BCUT2D eigenvalue weighted by Gasteiger charge is 2.20. The van der Waals surface area contributed by atoms with Gasteiger partial charge in [-0.05, 0) is 24.3 Å². The number of amides is 1. The number of halogens is 1. The van der Waals surface area contributed by atoms with E-state index in [1.165, 1.54) is 18.2 Å². The Bertz CT molecular complexity index is 610. The molecule has 0 spiro atoms. The molecule has 0 aliphatic carbocycles. The van der Waals surface area contributed by atoms with Crippen molar-refractivity contribution in [3.8, 4) is 11.5 Å². The van der Waals surface area contributed by atoms with E-state index in [9.17, 15) is 9.18 Å². The maximum atomic E-state index is 13.1. The van der Waals surface area contributed by atoms with E-state index < -0.39 is 5.82 Å². The number of para-hydroxylation sites is 2. The van der Waals surface area contributed by atoms with Gasteiger partial charge in [-0.25, -0.2) is 4.39 Å². The molecule has 0 bridgehead atoms. The van der Waals surface area contributed by atoms with Gasteiger partial charge in [-0.3, -0.25) is 4.79 Å². The lowest BCUT2D eigenvalue weighted by atomic mass is 10.2. The second-order valence-corrected chi connectivity index (χ2v) is 3.69. The van der Waals surface area contributed by atoms with Gasteiger partial charge in [0.2, 0.25) is 0 Å². The Morgan fingerprint density at radius 2 is 1.88 bits per heavy atom. The fourth-order valence-electron chi connectivity index (χ4n) is 1.74. The van der Waals surface area contributed by atoms with E-state index >= 15 is 0 Å². The van der Waals surface area contributed by atoms with Crippen molar-refractivity contribution in [2.75, 3.05) is 5.32 Å². The Balaban J connectivity index is 2.18. The standard InChI is InChI=1S/C13H8FNO2/c14-8-5-6-9-12(7-8)17-11-4-2-1-3-10(11)15-13(9)16/h1-7H,(H,15,16). The molecule has 1 N–H and O–H groups in total. The van der Waals surface area contributed by atoms with Gasteiger partial charge in [-0.1, -0.05) is 12.1 Å². The quantitative estimate of drug-likeness (QED) is 0.753. The smallest absolute Gasteiger partial charge is 0.259 e. The molecule has 4 heteroatoms. The Hall–Kier alpha value is -2.36. The number of benzene rings is 2. The number of fused-ring (bicyclic) bond motifs is 2. The molecule has 1 heterocycles. The molecular formula is C13H8FNO2. The van der Waals surface area contributed by atoms with Gasteiger partial charge in [0, 0.05) is 6.07 Å². The van der Waals surface area contributed by atoms with Crippen molar-refractivity contribution in [2.45, 2.75) is 0 Å². The van der Waals surface area contributed by atoms with Crippen molar-refractivity contribution >= 4 is 11.6 Å². The van der Waals surface area contributed by atoms with Crippen LogP contribution in [0, 0.1) is 5.82 Å². The Kier molecular flexibility index (Phi) is 2.08. The molecule has 0 saturated carbocycles. The average Bonchev–Trinajstić information content (AvgIpc) is 2.44. The van der Waals surface area contributed by atoms with Crippen molar-refractivity contribution in [1.82, 2.24) is 0 Å². The molecule has 0 fully saturated rings. The predicted octanol–water partition coefficient (Wildman–Crippen LogP) is 3.18. The molecule has 1 aliphatic rings. The lowest BCUT2D eigenvalue weighted by molar-refractivity contribution is 0.102. The zero-order valence-electron chi connectivity index (χ0n) is 8.74. The predicted molar refractivity (Wildman–Crippen MR) is 60.9 cm³/mol. The Labute approximate surface area is 96.8 Å². The Morgan fingerprint density at radius 1 is 1.06 bits per heavy atom. The second kappa shape index (κ2) is 3.59. The summed E-state index contributed by atoms with van der Waals surface area (Å²) in [4.78, 5) is 11.9. The topological polar surface area (TPSA) is 38.3 Å². The number of nitrogens with one attached hydrogen (secondary N) is 1. The summed E-state index contributed by atoms with van der Waals surface area (Å²) in [6.07, 6.45) is 0. The summed E-state index contributed by atoms with van der Waals surface area (Å²) in [7, 11) is 0. The van der Waals surface area contributed by atoms with Crippen LogP contribution >= 0.6 is 0 Å². The molecule has 84 valence electrons. The van der Waals surface area contributed by atoms with E-state index in [4.69, 9.17) is 4.74 Å². The average molecular weight is 229 g/mol. The van der Waals surface area contributed by atoms with Gasteiger partial charge in [0.15, 0.2) is 5.75 Å². The van der Waals surface area contributed by atoms with Crippen LogP contribution in [-0.2, 0) is 0 Å². The van der Waals surface area contributed by atoms with Gasteiger partial charge in [0.1, 0.15) is 11.6 Å². The minimum Gasteiger partial charge on any atom is -0.454 e. The number of carbonyl (C=O) groups excluding carboxylic acids is 1. The van der Waals surface area contributed by atoms with E-state index in [1.807, 2.05) is 0 Å². The highest BCUT2D eigenvalue weighted by atomic mass is 19.1. The molecule has 1 aliphatic heterocycles. The highest BCUT2D eigenvalue weighted by molar-refractivity contribution is 6.07. The van der Waals surface area contributed by atoms with Crippen LogP contribution in [0.15, 0.2) is 42.5 Å². The number of anilines is 1.